The number of rotatable bonds is 7. The van der Waals surface area contributed by atoms with E-state index >= 15 is 0 Å². The summed E-state index contributed by atoms with van der Waals surface area (Å²) in [7, 11) is 0. The molecule has 0 aliphatic rings. The lowest BCUT2D eigenvalue weighted by atomic mass is 10.1. The van der Waals surface area contributed by atoms with Crippen LogP contribution in [0.15, 0.2) is 54.6 Å². The highest BCUT2D eigenvalue weighted by molar-refractivity contribution is 5.87. The summed E-state index contributed by atoms with van der Waals surface area (Å²) in [5, 5.41) is 8.94. The van der Waals surface area contributed by atoms with E-state index in [-0.39, 0.29) is 23.9 Å². The molecule has 4 heteroatoms. The van der Waals surface area contributed by atoms with Crippen LogP contribution in [0.25, 0.3) is 0 Å². The van der Waals surface area contributed by atoms with Gasteiger partial charge in [-0.05, 0) is 36.6 Å². The second-order valence-corrected chi connectivity index (χ2v) is 5.94. The van der Waals surface area contributed by atoms with Crippen molar-refractivity contribution in [1.82, 2.24) is 4.90 Å². The first-order valence-electron chi connectivity index (χ1n) is 8.17. The Morgan fingerprint density at radius 2 is 1.62 bits per heavy atom. The summed E-state index contributed by atoms with van der Waals surface area (Å²) in [5.41, 5.74) is 2.16. The Bertz CT molecular complexity index is 680. The number of aromatic carboxylic acids is 1. The molecule has 126 valence electrons. The van der Waals surface area contributed by atoms with E-state index in [1.54, 1.807) is 12.1 Å². The molecule has 4 nitrogen and oxygen atoms in total. The molecule has 0 saturated carbocycles. The van der Waals surface area contributed by atoms with Crippen LogP contribution in [-0.2, 0) is 17.8 Å². The molecule has 0 saturated heterocycles. The van der Waals surface area contributed by atoms with E-state index in [1.807, 2.05) is 42.2 Å². The molecule has 1 amide bonds. The van der Waals surface area contributed by atoms with Crippen molar-refractivity contribution in [1.29, 1.82) is 0 Å². The summed E-state index contributed by atoms with van der Waals surface area (Å²) in [6, 6.07) is 16.6. The predicted molar refractivity (Wildman–Crippen MR) is 93.9 cm³/mol. The van der Waals surface area contributed by atoms with E-state index < -0.39 is 5.97 Å². The number of benzene rings is 2. The number of amides is 1. The molecule has 0 aliphatic heterocycles. The van der Waals surface area contributed by atoms with Gasteiger partial charge >= 0.3 is 5.97 Å². The molecule has 0 radical (unpaired) electrons. The van der Waals surface area contributed by atoms with Crippen molar-refractivity contribution >= 4 is 11.9 Å². The summed E-state index contributed by atoms with van der Waals surface area (Å²) in [5.74, 6) is -0.908. The first-order chi connectivity index (χ1) is 11.5. The first kappa shape index (κ1) is 17.7. The van der Waals surface area contributed by atoms with Crippen molar-refractivity contribution in [2.45, 2.75) is 39.3 Å². The minimum absolute atomic E-state index is 0.0521. The van der Waals surface area contributed by atoms with Gasteiger partial charge in [0.2, 0.25) is 5.91 Å². The number of carbonyl (C=O) groups excluding carboxylic acids is 1. The van der Waals surface area contributed by atoms with Crippen LogP contribution in [-0.4, -0.2) is 27.9 Å². The van der Waals surface area contributed by atoms with Gasteiger partial charge in [0.15, 0.2) is 0 Å². The quantitative estimate of drug-likeness (QED) is 0.843. The summed E-state index contributed by atoms with van der Waals surface area (Å²) in [4.78, 5) is 25.5. The van der Waals surface area contributed by atoms with Gasteiger partial charge in [0.25, 0.3) is 0 Å². The van der Waals surface area contributed by atoms with Crippen molar-refractivity contribution in [2.75, 3.05) is 0 Å². The molecule has 2 aromatic carbocycles. The molecule has 0 heterocycles. The Balaban J connectivity index is 2.11. The Morgan fingerprint density at radius 3 is 2.17 bits per heavy atom. The third kappa shape index (κ3) is 4.69. The largest absolute Gasteiger partial charge is 0.478 e. The van der Waals surface area contributed by atoms with Crippen LogP contribution in [0.5, 0.6) is 0 Å². The van der Waals surface area contributed by atoms with Crippen molar-refractivity contribution in [2.24, 2.45) is 0 Å². The molecule has 2 aromatic rings. The lowest BCUT2D eigenvalue weighted by molar-refractivity contribution is -0.133. The normalized spacial score (nSPS) is 11.8. The predicted octanol–water partition coefficient (Wildman–Crippen LogP) is 3.75. The van der Waals surface area contributed by atoms with Crippen LogP contribution < -0.4 is 0 Å². The standard InChI is InChI=1S/C20H23NO3/c1-3-15(2)21(14-17-7-5-4-6-8-17)19(22)13-16-9-11-18(12-10-16)20(23)24/h4-12,15H,3,13-14H2,1-2H3,(H,23,24). The highest BCUT2D eigenvalue weighted by Crippen LogP contribution is 2.14. The minimum atomic E-state index is -0.960. The van der Waals surface area contributed by atoms with Crippen LogP contribution in [0.2, 0.25) is 0 Å². The number of carboxylic acid groups (broad SMARTS) is 1. The van der Waals surface area contributed by atoms with E-state index in [9.17, 15) is 9.59 Å². The van der Waals surface area contributed by atoms with Crippen molar-refractivity contribution in [3.63, 3.8) is 0 Å². The van der Waals surface area contributed by atoms with Crippen LogP contribution in [0.1, 0.15) is 41.8 Å². The smallest absolute Gasteiger partial charge is 0.335 e. The van der Waals surface area contributed by atoms with Gasteiger partial charge in [-0.25, -0.2) is 4.79 Å². The lowest BCUT2D eigenvalue weighted by Crippen LogP contribution is -2.38. The van der Waals surface area contributed by atoms with Gasteiger partial charge in [0.05, 0.1) is 12.0 Å². The van der Waals surface area contributed by atoms with E-state index in [1.165, 1.54) is 12.1 Å². The summed E-state index contributed by atoms with van der Waals surface area (Å²) >= 11 is 0. The molecule has 1 atom stereocenters. The van der Waals surface area contributed by atoms with E-state index in [0.29, 0.717) is 6.54 Å². The minimum Gasteiger partial charge on any atom is -0.478 e. The number of hydrogen-bond donors (Lipinski definition) is 1. The van der Waals surface area contributed by atoms with Gasteiger partial charge in [-0.1, -0.05) is 49.4 Å². The molecule has 0 fully saturated rings. The summed E-state index contributed by atoms with van der Waals surface area (Å²) in [6.45, 7) is 4.70. The molecule has 1 N–H and O–H groups in total. The highest BCUT2D eigenvalue weighted by Gasteiger charge is 2.19. The average Bonchev–Trinajstić information content (AvgIpc) is 2.60. The zero-order chi connectivity index (χ0) is 17.5. The van der Waals surface area contributed by atoms with Gasteiger partial charge in [-0.15, -0.1) is 0 Å². The highest BCUT2D eigenvalue weighted by atomic mass is 16.4. The zero-order valence-electron chi connectivity index (χ0n) is 14.1. The fraction of sp³-hybridized carbons (Fsp3) is 0.300. The molecule has 0 aliphatic carbocycles. The van der Waals surface area contributed by atoms with Crippen LogP contribution in [0.4, 0.5) is 0 Å². The molecule has 0 spiro atoms. The molecule has 2 rings (SSSR count). The maximum Gasteiger partial charge on any atom is 0.335 e. The summed E-state index contributed by atoms with van der Waals surface area (Å²) < 4.78 is 0. The van der Waals surface area contributed by atoms with Crippen LogP contribution >= 0.6 is 0 Å². The first-order valence-corrected chi connectivity index (χ1v) is 8.17. The fourth-order valence-electron chi connectivity index (χ4n) is 2.53. The molecule has 0 bridgehead atoms. The second kappa shape index (κ2) is 8.29. The third-order valence-electron chi connectivity index (χ3n) is 4.20. The van der Waals surface area contributed by atoms with Crippen molar-refractivity contribution in [3.05, 3.63) is 71.3 Å². The van der Waals surface area contributed by atoms with E-state index in [0.717, 1.165) is 17.5 Å². The Kier molecular flexibility index (Phi) is 6.13. The number of carboxylic acids is 1. The number of hydrogen-bond acceptors (Lipinski definition) is 2. The maximum absolute atomic E-state index is 12.7. The van der Waals surface area contributed by atoms with Gasteiger partial charge in [0, 0.05) is 12.6 Å². The van der Waals surface area contributed by atoms with Crippen LogP contribution in [0, 0.1) is 0 Å². The fourth-order valence-corrected chi connectivity index (χ4v) is 2.53. The lowest BCUT2D eigenvalue weighted by Gasteiger charge is -2.29. The second-order valence-electron chi connectivity index (χ2n) is 5.94. The van der Waals surface area contributed by atoms with Gasteiger partial charge in [-0.2, -0.15) is 0 Å². The topological polar surface area (TPSA) is 57.6 Å². The number of nitrogens with zero attached hydrogens (tertiary/aromatic N) is 1. The van der Waals surface area contributed by atoms with Crippen molar-refractivity contribution in [3.8, 4) is 0 Å². The van der Waals surface area contributed by atoms with E-state index in [2.05, 4.69) is 6.92 Å². The Morgan fingerprint density at radius 1 is 1.00 bits per heavy atom. The molecule has 1 unspecified atom stereocenters. The zero-order valence-corrected chi connectivity index (χ0v) is 14.1. The third-order valence-corrected chi connectivity index (χ3v) is 4.20. The summed E-state index contributed by atoms with van der Waals surface area (Å²) in [6.07, 6.45) is 1.16. The van der Waals surface area contributed by atoms with Crippen LogP contribution in [0.3, 0.4) is 0 Å². The average molecular weight is 325 g/mol. The molecule has 24 heavy (non-hydrogen) atoms. The molecule has 0 aromatic heterocycles. The SMILES string of the molecule is CCC(C)N(Cc1ccccc1)C(=O)Cc1ccc(C(=O)O)cc1. The van der Waals surface area contributed by atoms with Gasteiger partial charge in [0.1, 0.15) is 0 Å². The number of carbonyl (C=O) groups is 2. The monoisotopic (exact) mass is 325 g/mol. The van der Waals surface area contributed by atoms with Gasteiger partial charge < -0.3 is 10.0 Å². The molecular weight excluding hydrogens is 302 g/mol. The maximum atomic E-state index is 12.7. The van der Waals surface area contributed by atoms with E-state index in [4.69, 9.17) is 5.11 Å². The Hall–Kier alpha value is -2.62. The van der Waals surface area contributed by atoms with Gasteiger partial charge in [-0.3, -0.25) is 4.79 Å². The van der Waals surface area contributed by atoms with Crippen molar-refractivity contribution < 1.29 is 14.7 Å². The molecular formula is C20H23NO3. The Labute approximate surface area is 142 Å².